The molecule has 1 aliphatic carbocycles. The Morgan fingerprint density at radius 2 is 2.11 bits per heavy atom. The molecule has 0 fully saturated rings. The highest BCUT2D eigenvalue weighted by molar-refractivity contribution is 7.17. The van der Waals surface area contributed by atoms with Crippen LogP contribution in [0.1, 0.15) is 22.5 Å². The van der Waals surface area contributed by atoms with Gasteiger partial charge in [0.2, 0.25) is 0 Å². The number of carbonyl (C=O) groups excluding carboxylic acids is 1. The number of rotatable bonds is 4. The number of halogens is 2. The lowest BCUT2D eigenvalue weighted by molar-refractivity contribution is 0.0967. The third kappa shape index (κ3) is 3.50. The van der Waals surface area contributed by atoms with Crippen molar-refractivity contribution in [3.05, 3.63) is 64.0 Å². The molecule has 1 amide bonds. The van der Waals surface area contributed by atoms with E-state index < -0.39 is 17.6 Å². The van der Waals surface area contributed by atoms with Gasteiger partial charge < -0.3 is 5.32 Å². The van der Waals surface area contributed by atoms with Gasteiger partial charge in [0.15, 0.2) is 0 Å². The molecule has 3 heterocycles. The van der Waals surface area contributed by atoms with Gasteiger partial charge in [0.1, 0.15) is 23.0 Å². The summed E-state index contributed by atoms with van der Waals surface area (Å²) < 4.78 is 29.3. The average Bonchev–Trinajstić information content (AvgIpc) is 3.37. The number of nitrogens with one attached hydrogen (secondary N) is 1. The maximum atomic E-state index is 13.8. The first-order valence-corrected chi connectivity index (χ1v) is 9.96. The zero-order valence-corrected chi connectivity index (χ0v) is 16.0. The Kier molecular flexibility index (Phi) is 4.75. The maximum absolute atomic E-state index is 13.8. The molecule has 27 heavy (non-hydrogen) atoms. The summed E-state index contributed by atoms with van der Waals surface area (Å²) in [4.78, 5) is 14.7. The van der Waals surface area contributed by atoms with Crippen LogP contribution in [0.4, 0.5) is 8.78 Å². The summed E-state index contributed by atoms with van der Waals surface area (Å²) in [6.07, 6.45) is 1.67. The molecule has 0 saturated carbocycles. The quantitative estimate of drug-likeness (QED) is 0.631. The van der Waals surface area contributed by atoms with E-state index >= 15 is 0 Å². The Morgan fingerprint density at radius 1 is 1.26 bits per heavy atom. The van der Waals surface area contributed by atoms with Crippen molar-refractivity contribution in [1.29, 1.82) is 0 Å². The zero-order chi connectivity index (χ0) is 19.0. The predicted molar refractivity (Wildman–Crippen MR) is 104 cm³/mol. The van der Waals surface area contributed by atoms with E-state index in [1.807, 2.05) is 36.7 Å². The molecule has 4 nitrogen and oxygen atoms in total. The van der Waals surface area contributed by atoms with Gasteiger partial charge in [-0.25, -0.2) is 8.78 Å². The van der Waals surface area contributed by atoms with Gasteiger partial charge in [-0.3, -0.25) is 9.48 Å². The summed E-state index contributed by atoms with van der Waals surface area (Å²) in [6, 6.07) is 9.39. The van der Waals surface area contributed by atoms with Gasteiger partial charge in [0.05, 0.1) is 20.3 Å². The smallest absolute Gasteiger partial charge is 0.265 e. The van der Waals surface area contributed by atoms with Gasteiger partial charge >= 0.3 is 0 Å². The van der Waals surface area contributed by atoms with Crippen molar-refractivity contribution in [3.8, 4) is 21.1 Å². The summed E-state index contributed by atoms with van der Waals surface area (Å²) in [6.45, 7) is 0. The summed E-state index contributed by atoms with van der Waals surface area (Å²) in [5.74, 6) is -1.88. The van der Waals surface area contributed by atoms with Crippen LogP contribution in [0.2, 0.25) is 0 Å². The molecular formula is C19H15F2N3OS2. The third-order valence-electron chi connectivity index (χ3n) is 4.17. The van der Waals surface area contributed by atoms with E-state index in [4.69, 9.17) is 0 Å². The molecule has 3 aromatic rings. The number of allylic oxidation sites excluding steroid dienone is 3. The molecule has 138 valence electrons. The second-order valence-electron chi connectivity index (χ2n) is 6.00. The Bertz CT molecular complexity index is 1060. The molecule has 1 aliphatic rings. The summed E-state index contributed by atoms with van der Waals surface area (Å²) in [5, 5.41) is 8.86. The van der Waals surface area contributed by atoms with Crippen LogP contribution in [0.25, 0.3) is 21.1 Å². The first-order chi connectivity index (χ1) is 13.0. The number of hydrogen-bond donors (Lipinski definition) is 1. The SMILES string of the molecule is Cn1nc(-c2cccs2)cc1-c1ccc(C(=O)NC2=C(F)CCC=C2F)s1. The Hall–Kier alpha value is -2.58. The van der Waals surface area contributed by atoms with E-state index in [0.717, 1.165) is 21.1 Å². The minimum absolute atomic E-state index is 0.0965. The lowest BCUT2D eigenvalue weighted by Gasteiger charge is -2.12. The van der Waals surface area contributed by atoms with Crippen LogP contribution in [0.15, 0.2) is 59.1 Å². The molecule has 0 atom stereocenters. The summed E-state index contributed by atoms with van der Waals surface area (Å²) in [5.41, 5.74) is 1.38. The van der Waals surface area contributed by atoms with Gasteiger partial charge in [0.25, 0.3) is 5.91 Å². The van der Waals surface area contributed by atoms with E-state index in [1.54, 1.807) is 22.1 Å². The highest BCUT2D eigenvalue weighted by Crippen LogP contribution is 2.33. The zero-order valence-electron chi connectivity index (χ0n) is 14.3. The van der Waals surface area contributed by atoms with Crippen LogP contribution in [0, 0.1) is 0 Å². The minimum Gasteiger partial charge on any atom is -0.317 e. The van der Waals surface area contributed by atoms with Crippen molar-refractivity contribution in [2.24, 2.45) is 7.05 Å². The fourth-order valence-corrected chi connectivity index (χ4v) is 4.45. The van der Waals surface area contributed by atoms with E-state index in [9.17, 15) is 13.6 Å². The average molecular weight is 403 g/mol. The topological polar surface area (TPSA) is 46.9 Å². The molecule has 0 spiro atoms. The summed E-state index contributed by atoms with van der Waals surface area (Å²) >= 11 is 2.86. The van der Waals surface area contributed by atoms with E-state index in [-0.39, 0.29) is 12.1 Å². The normalized spacial score (nSPS) is 14.4. The molecule has 4 rings (SSSR count). The number of thiophene rings is 2. The monoisotopic (exact) mass is 403 g/mol. The Morgan fingerprint density at radius 3 is 2.85 bits per heavy atom. The van der Waals surface area contributed by atoms with E-state index in [1.165, 1.54) is 17.4 Å². The third-order valence-corrected chi connectivity index (χ3v) is 6.17. The molecule has 0 saturated heterocycles. The van der Waals surface area contributed by atoms with E-state index in [2.05, 4.69) is 10.4 Å². The largest absolute Gasteiger partial charge is 0.317 e. The Balaban J connectivity index is 1.57. The number of hydrogen-bond acceptors (Lipinski definition) is 4. The van der Waals surface area contributed by atoms with Crippen LogP contribution >= 0.6 is 22.7 Å². The molecular weight excluding hydrogens is 388 g/mol. The van der Waals surface area contributed by atoms with Crippen LogP contribution in [-0.4, -0.2) is 15.7 Å². The van der Waals surface area contributed by atoms with Crippen molar-refractivity contribution < 1.29 is 13.6 Å². The molecule has 1 N–H and O–H groups in total. The minimum atomic E-state index is -0.726. The predicted octanol–water partition coefficient (Wildman–Crippen LogP) is 5.44. The molecule has 0 bridgehead atoms. The molecule has 0 unspecified atom stereocenters. The van der Waals surface area contributed by atoms with Crippen molar-refractivity contribution in [1.82, 2.24) is 15.1 Å². The highest BCUT2D eigenvalue weighted by atomic mass is 32.1. The molecule has 3 aromatic heterocycles. The first-order valence-electron chi connectivity index (χ1n) is 8.27. The van der Waals surface area contributed by atoms with Crippen molar-refractivity contribution in [3.63, 3.8) is 0 Å². The van der Waals surface area contributed by atoms with Gasteiger partial charge in [-0.1, -0.05) is 6.07 Å². The van der Waals surface area contributed by atoms with Crippen LogP contribution in [-0.2, 0) is 7.05 Å². The number of aromatic nitrogens is 2. The molecule has 0 aromatic carbocycles. The first kappa shape index (κ1) is 17.8. The number of amides is 1. The molecule has 8 heteroatoms. The van der Waals surface area contributed by atoms with Crippen molar-refractivity contribution in [2.45, 2.75) is 12.8 Å². The maximum Gasteiger partial charge on any atom is 0.265 e. The lowest BCUT2D eigenvalue weighted by Crippen LogP contribution is -2.24. The number of aryl methyl sites for hydroxylation is 1. The van der Waals surface area contributed by atoms with E-state index in [0.29, 0.717) is 11.3 Å². The fraction of sp³-hybridized carbons (Fsp3) is 0.158. The molecule has 0 radical (unpaired) electrons. The number of carbonyl (C=O) groups is 1. The van der Waals surface area contributed by atoms with Crippen molar-refractivity contribution >= 4 is 28.6 Å². The van der Waals surface area contributed by atoms with Gasteiger partial charge in [-0.15, -0.1) is 22.7 Å². The highest BCUT2D eigenvalue weighted by Gasteiger charge is 2.21. The lowest BCUT2D eigenvalue weighted by atomic mass is 10.1. The fourth-order valence-electron chi connectivity index (χ4n) is 2.83. The van der Waals surface area contributed by atoms with Gasteiger partial charge in [-0.2, -0.15) is 5.10 Å². The number of nitrogens with zero attached hydrogens (tertiary/aromatic N) is 2. The second-order valence-corrected chi connectivity index (χ2v) is 8.04. The van der Waals surface area contributed by atoms with Crippen molar-refractivity contribution in [2.75, 3.05) is 0 Å². The van der Waals surface area contributed by atoms with Gasteiger partial charge in [-0.05, 0) is 42.1 Å². The molecule has 0 aliphatic heterocycles. The van der Waals surface area contributed by atoms with Gasteiger partial charge in [0, 0.05) is 13.5 Å². The second kappa shape index (κ2) is 7.21. The van der Waals surface area contributed by atoms with Crippen LogP contribution in [0.3, 0.4) is 0 Å². The van der Waals surface area contributed by atoms with Crippen LogP contribution in [0.5, 0.6) is 0 Å². The van der Waals surface area contributed by atoms with Crippen LogP contribution < -0.4 is 5.32 Å². The Labute approximate surface area is 162 Å². The summed E-state index contributed by atoms with van der Waals surface area (Å²) in [7, 11) is 1.84. The standard InChI is InChI=1S/C19H15F2N3OS2/c1-24-14(10-13(23-24)15-6-3-9-26-15)16-7-8-17(27-16)19(25)22-18-11(20)4-2-5-12(18)21/h3-4,6-10H,2,5H2,1H3,(H,22,25).